The summed E-state index contributed by atoms with van der Waals surface area (Å²) >= 11 is 1.71. The molecule has 0 unspecified atom stereocenters. The normalized spacial score (nSPS) is 10.8. The van der Waals surface area contributed by atoms with Gasteiger partial charge in [0.15, 0.2) is 5.65 Å². The SMILES string of the molecule is CCCOC(=O)c1cnc2nc(C)ccc2c1NCc1ccc(SC)cc1. The maximum Gasteiger partial charge on any atom is 0.341 e. The number of aromatic nitrogens is 2. The van der Waals surface area contributed by atoms with Gasteiger partial charge in [0.25, 0.3) is 0 Å². The van der Waals surface area contributed by atoms with Crippen LogP contribution in [-0.2, 0) is 11.3 Å². The molecule has 3 rings (SSSR count). The number of aryl methyl sites for hydroxylation is 1. The molecule has 1 N–H and O–H groups in total. The van der Waals surface area contributed by atoms with Crippen molar-refractivity contribution in [1.29, 1.82) is 0 Å². The number of hydrogen-bond acceptors (Lipinski definition) is 6. The van der Waals surface area contributed by atoms with Crippen molar-refractivity contribution >= 4 is 34.5 Å². The Labute approximate surface area is 163 Å². The van der Waals surface area contributed by atoms with Gasteiger partial charge < -0.3 is 10.1 Å². The Kier molecular flexibility index (Phi) is 6.29. The number of nitrogens with zero attached hydrogens (tertiary/aromatic N) is 2. The van der Waals surface area contributed by atoms with E-state index < -0.39 is 0 Å². The van der Waals surface area contributed by atoms with Gasteiger partial charge in [-0.25, -0.2) is 14.8 Å². The van der Waals surface area contributed by atoms with Crippen LogP contribution in [0.3, 0.4) is 0 Å². The molecule has 5 nitrogen and oxygen atoms in total. The number of carbonyl (C=O) groups is 1. The first kappa shape index (κ1) is 19.2. The number of pyridine rings is 2. The van der Waals surface area contributed by atoms with Crippen molar-refractivity contribution < 1.29 is 9.53 Å². The van der Waals surface area contributed by atoms with Gasteiger partial charge >= 0.3 is 5.97 Å². The van der Waals surface area contributed by atoms with Gasteiger partial charge in [-0.3, -0.25) is 0 Å². The molecular weight excluding hydrogens is 358 g/mol. The minimum atomic E-state index is -0.368. The van der Waals surface area contributed by atoms with E-state index in [-0.39, 0.29) is 5.97 Å². The fraction of sp³-hybridized carbons (Fsp3) is 0.286. The number of fused-ring (bicyclic) bond motifs is 1. The molecule has 6 heteroatoms. The monoisotopic (exact) mass is 381 g/mol. The zero-order valence-corrected chi connectivity index (χ0v) is 16.6. The Morgan fingerprint density at radius 3 is 2.67 bits per heavy atom. The summed E-state index contributed by atoms with van der Waals surface area (Å²) in [6, 6.07) is 12.2. The Hall–Kier alpha value is -2.60. The van der Waals surface area contributed by atoms with Gasteiger partial charge in [0.05, 0.1) is 12.3 Å². The maximum absolute atomic E-state index is 12.5. The van der Waals surface area contributed by atoms with Crippen LogP contribution in [0, 0.1) is 6.92 Å². The van der Waals surface area contributed by atoms with Crippen LogP contribution in [0.4, 0.5) is 5.69 Å². The minimum Gasteiger partial charge on any atom is -0.462 e. The summed E-state index contributed by atoms with van der Waals surface area (Å²) in [5.41, 5.74) is 3.77. The Balaban J connectivity index is 1.94. The number of rotatable bonds is 7. The van der Waals surface area contributed by atoms with Crippen molar-refractivity contribution in [2.75, 3.05) is 18.2 Å². The van der Waals surface area contributed by atoms with E-state index >= 15 is 0 Å². The Bertz CT molecular complexity index is 942. The number of anilines is 1. The molecule has 0 saturated heterocycles. The summed E-state index contributed by atoms with van der Waals surface area (Å²) < 4.78 is 5.33. The molecule has 0 atom stereocenters. The van der Waals surface area contributed by atoms with E-state index in [1.165, 1.54) is 4.90 Å². The topological polar surface area (TPSA) is 64.1 Å². The maximum atomic E-state index is 12.5. The van der Waals surface area contributed by atoms with Gasteiger partial charge in [-0.05, 0) is 49.4 Å². The van der Waals surface area contributed by atoms with Crippen molar-refractivity contribution in [3.63, 3.8) is 0 Å². The van der Waals surface area contributed by atoms with E-state index in [4.69, 9.17) is 4.74 Å². The van der Waals surface area contributed by atoms with E-state index in [0.29, 0.717) is 30.0 Å². The molecule has 0 radical (unpaired) electrons. The average molecular weight is 382 g/mol. The standard InChI is InChI=1S/C21H23N3O2S/c1-4-11-26-21(25)18-13-23-20-17(10-5-14(2)24-20)19(18)22-12-15-6-8-16(27-3)9-7-15/h5-10,13H,4,11-12H2,1-3H3,(H,22,23,24). The fourth-order valence-electron chi connectivity index (χ4n) is 2.72. The molecule has 3 aromatic rings. The van der Waals surface area contributed by atoms with Gasteiger partial charge in [0.2, 0.25) is 0 Å². The highest BCUT2D eigenvalue weighted by atomic mass is 32.2. The zero-order valence-electron chi connectivity index (χ0n) is 15.8. The summed E-state index contributed by atoms with van der Waals surface area (Å²) in [5, 5.41) is 4.21. The number of ether oxygens (including phenoxy) is 1. The summed E-state index contributed by atoms with van der Waals surface area (Å²) in [4.78, 5) is 22.5. The Morgan fingerprint density at radius 1 is 1.19 bits per heavy atom. The van der Waals surface area contributed by atoms with Crippen molar-refractivity contribution in [1.82, 2.24) is 9.97 Å². The van der Waals surface area contributed by atoms with Crippen LogP contribution in [0.2, 0.25) is 0 Å². The first-order valence-electron chi connectivity index (χ1n) is 8.92. The van der Waals surface area contributed by atoms with Crippen molar-refractivity contribution in [3.05, 3.63) is 59.4 Å². The Morgan fingerprint density at radius 2 is 1.96 bits per heavy atom. The highest BCUT2D eigenvalue weighted by Gasteiger charge is 2.17. The minimum absolute atomic E-state index is 0.368. The molecule has 0 aliphatic rings. The number of thioether (sulfide) groups is 1. The van der Waals surface area contributed by atoms with Crippen molar-refractivity contribution in [2.45, 2.75) is 31.7 Å². The predicted octanol–water partition coefficient (Wildman–Crippen LogP) is 4.84. The summed E-state index contributed by atoms with van der Waals surface area (Å²) in [6.07, 6.45) is 4.38. The van der Waals surface area contributed by atoms with Gasteiger partial charge in [-0.15, -0.1) is 11.8 Å². The third-order valence-electron chi connectivity index (χ3n) is 4.15. The second-order valence-electron chi connectivity index (χ2n) is 6.21. The molecule has 0 aliphatic heterocycles. The summed E-state index contributed by atoms with van der Waals surface area (Å²) in [5.74, 6) is -0.368. The highest BCUT2D eigenvalue weighted by molar-refractivity contribution is 7.98. The molecular formula is C21H23N3O2S. The van der Waals surface area contributed by atoms with Crippen LogP contribution >= 0.6 is 11.8 Å². The van der Waals surface area contributed by atoms with E-state index in [1.807, 2.05) is 26.0 Å². The molecule has 140 valence electrons. The van der Waals surface area contributed by atoms with Crippen LogP contribution in [0.5, 0.6) is 0 Å². The molecule has 2 aromatic heterocycles. The van der Waals surface area contributed by atoms with Crippen molar-refractivity contribution in [2.24, 2.45) is 0 Å². The predicted molar refractivity (Wildman–Crippen MR) is 110 cm³/mol. The number of benzene rings is 1. The number of carbonyl (C=O) groups excluding carboxylic acids is 1. The lowest BCUT2D eigenvalue weighted by atomic mass is 10.1. The van der Waals surface area contributed by atoms with E-state index in [2.05, 4.69) is 45.8 Å². The quantitative estimate of drug-likeness (QED) is 0.467. The number of esters is 1. The van der Waals surface area contributed by atoms with Gasteiger partial charge in [0, 0.05) is 28.7 Å². The molecule has 0 saturated carbocycles. The summed E-state index contributed by atoms with van der Waals surface area (Å²) in [7, 11) is 0. The van der Waals surface area contributed by atoms with Crippen LogP contribution in [0.1, 0.15) is 35.0 Å². The van der Waals surface area contributed by atoms with Gasteiger partial charge in [0.1, 0.15) is 5.56 Å². The first-order chi connectivity index (χ1) is 13.1. The van der Waals surface area contributed by atoms with Crippen LogP contribution in [-0.4, -0.2) is 28.8 Å². The smallest absolute Gasteiger partial charge is 0.341 e. The lowest BCUT2D eigenvalue weighted by Crippen LogP contribution is -2.12. The lowest BCUT2D eigenvalue weighted by molar-refractivity contribution is 0.0506. The second-order valence-corrected chi connectivity index (χ2v) is 7.09. The van der Waals surface area contributed by atoms with Crippen LogP contribution in [0.25, 0.3) is 11.0 Å². The highest BCUT2D eigenvalue weighted by Crippen LogP contribution is 2.27. The van der Waals surface area contributed by atoms with Crippen molar-refractivity contribution in [3.8, 4) is 0 Å². The molecule has 0 amide bonds. The number of nitrogens with one attached hydrogen (secondary N) is 1. The average Bonchev–Trinajstić information content (AvgIpc) is 2.70. The zero-order chi connectivity index (χ0) is 19.2. The largest absolute Gasteiger partial charge is 0.462 e. The van der Waals surface area contributed by atoms with E-state index in [1.54, 1.807) is 18.0 Å². The molecule has 0 spiro atoms. The molecule has 2 heterocycles. The first-order valence-corrected chi connectivity index (χ1v) is 10.1. The van der Waals surface area contributed by atoms with Gasteiger partial charge in [-0.2, -0.15) is 0 Å². The lowest BCUT2D eigenvalue weighted by Gasteiger charge is -2.14. The molecule has 0 aliphatic carbocycles. The molecule has 27 heavy (non-hydrogen) atoms. The summed E-state index contributed by atoms with van der Waals surface area (Å²) in [6.45, 7) is 4.87. The fourth-order valence-corrected chi connectivity index (χ4v) is 3.13. The molecule has 0 fully saturated rings. The van der Waals surface area contributed by atoms with E-state index in [0.717, 1.165) is 23.1 Å². The molecule has 0 bridgehead atoms. The van der Waals surface area contributed by atoms with Gasteiger partial charge in [-0.1, -0.05) is 19.1 Å². The third-order valence-corrected chi connectivity index (χ3v) is 4.90. The van der Waals surface area contributed by atoms with Crippen LogP contribution in [0.15, 0.2) is 47.5 Å². The van der Waals surface area contributed by atoms with Crippen LogP contribution < -0.4 is 5.32 Å². The molecule has 1 aromatic carbocycles. The third kappa shape index (κ3) is 4.57. The number of hydrogen-bond donors (Lipinski definition) is 1. The second kappa shape index (κ2) is 8.86. The van der Waals surface area contributed by atoms with E-state index in [9.17, 15) is 4.79 Å².